The lowest BCUT2D eigenvalue weighted by Crippen LogP contribution is -2.32. The first-order chi connectivity index (χ1) is 13.8. The van der Waals surface area contributed by atoms with Gasteiger partial charge in [0.25, 0.3) is 0 Å². The third-order valence-corrected chi connectivity index (χ3v) is 5.99. The van der Waals surface area contributed by atoms with Crippen molar-refractivity contribution < 1.29 is 0 Å². The average Bonchev–Trinajstić information content (AvgIpc) is 3.36. The Morgan fingerprint density at radius 2 is 1.93 bits per heavy atom. The Hall–Kier alpha value is -2.63. The summed E-state index contributed by atoms with van der Waals surface area (Å²) < 4.78 is 0. The van der Waals surface area contributed by atoms with Crippen LogP contribution in [0.5, 0.6) is 0 Å². The van der Waals surface area contributed by atoms with Crippen molar-refractivity contribution in [2.24, 2.45) is 0 Å². The number of fused-ring (bicyclic) bond motifs is 1. The van der Waals surface area contributed by atoms with Crippen molar-refractivity contribution in [3.05, 3.63) is 71.1 Å². The van der Waals surface area contributed by atoms with E-state index < -0.39 is 0 Å². The van der Waals surface area contributed by atoms with E-state index in [0.717, 1.165) is 59.8 Å². The SMILES string of the molecule is Clc1ccc(-c2[nH]ncc2CN2CCC(c3c[nH]c4cccnc34)CC2)cc1. The highest BCUT2D eigenvalue weighted by atomic mass is 35.5. The van der Waals surface area contributed by atoms with Gasteiger partial charge < -0.3 is 4.98 Å². The number of hydrogen-bond donors (Lipinski definition) is 2. The molecule has 0 bridgehead atoms. The van der Waals surface area contributed by atoms with E-state index in [0.29, 0.717) is 5.92 Å². The quantitative estimate of drug-likeness (QED) is 0.515. The molecule has 0 amide bonds. The highest BCUT2D eigenvalue weighted by molar-refractivity contribution is 6.30. The molecule has 5 nitrogen and oxygen atoms in total. The number of aromatic amines is 2. The molecular weight excluding hydrogens is 370 g/mol. The first-order valence-electron chi connectivity index (χ1n) is 9.70. The summed E-state index contributed by atoms with van der Waals surface area (Å²) in [5, 5.41) is 8.18. The van der Waals surface area contributed by atoms with Gasteiger partial charge in [0.2, 0.25) is 0 Å². The molecule has 142 valence electrons. The minimum atomic E-state index is 0.569. The fourth-order valence-corrected chi connectivity index (χ4v) is 4.35. The van der Waals surface area contributed by atoms with Crippen LogP contribution < -0.4 is 0 Å². The molecule has 1 aliphatic rings. The van der Waals surface area contributed by atoms with Gasteiger partial charge in [0, 0.05) is 29.5 Å². The molecule has 4 heterocycles. The zero-order valence-corrected chi connectivity index (χ0v) is 16.3. The summed E-state index contributed by atoms with van der Waals surface area (Å²) in [6, 6.07) is 12.0. The summed E-state index contributed by atoms with van der Waals surface area (Å²) in [4.78, 5) is 10.5. The Morgan fingerprint density at radius 1 is 1.11 bits per heavy atom. The molecule has 4 aromatic rings. The van der Waals surface area contributed by atoms with Crippen LogP contribution in [-0.2, 0) is 6.54 Å². The van der Waals surface area contributed by atoms with Gasteiger partial charge in [0.1, 0.15) is 0 Å². The number of nitrogens with one attached hydrogen (secondary N) is 2. The van der Waals surface area contributed by atoms with Gasteiger partial charge in [-0.15, -0.1) is 0 Å². The fraction of sp³-hybridized carbons (Fsp3) is 0.273. The number of hydrogen-bond acceptors (Lipinski definition) is 3. The molecular formula is C22H22ClN5. The van der Waals surface area contributed by atoms with Crippen LogP contribution in [0.25, 0.3) is 22.3 Å². The number of aromatic nitrogens is 4. The lowest BCUT2D eigenvalue weighted by molar-refractivity contribution is 0.205. The zero-order valence-electron chi connectivity index (χ0n) is 15.5. The summed E-state index contributed by atoms with van der Waals surface area (Å²) in [6.07, 6.45) is 8.27. The highest BCUT2D eigenvalue weighted by Gasteiger charge is 2.24. The number of likely N-dealkylation sites (tertiary alicyclic amines) is 1. The second-order valence-electron chi connectivity index (χ2n) is 7.47. The molecule has 0 atom stereocenters. The molecule has 3 aromatic heterocycles. The molecule has 0 radical (unpaired) electrons. The summed E-state index contributed by atoms with van der Waals surface area (Å²) >= 11 is 6.02. The lowest BCUT2D eigenvalue weighted by Gasteiger charge is -2.31. The van der Waals surface area contributed by atoms with Crippen molar-refractivity contribution in [2.75, 3.05) is 13.1 Å². The molecule has 6 heteroatoms. The third-order valence-electron chi connectivity index (χ3n) is 5.74. The fourth-order valence-electron chi connectivity index (χ4n) is 4.23. The summed E-state index contributed by atoms with van der Waals surface area (Å²) in [7, 11) is 0. The second-order valence-corrected chi connectivity index (χ2v) is 7.91. The molecule has 0 spiro atoms. The Bertz CT molecular complexity index is 1070. The second kappa shape index (κ2) is 7.41. The number of nitrogens with zero attached hydrogens (tertiary/aromatic N) is 3. The molecule has 1 aliphatic heterocycles. The summed E-state index contributed by atoms with van der Waals surface area (Å²) in [5.74, 6) is 0.569. The monoisotopic (exact) mass is 391 g/mol. The van der Waals surface area contributed by atoms with Crippen molar-refractivity contribution in [3.8, 4) is 11.3 Å². The van der Waals surface area contributed by atoms with Crippen LogP contribution >= 0.6 is 11.6 Å². The maximum atomic E-state index is 6.02. The van der Waals surface area contributed by atoms with Crippen LogP contribution in [0, 0.1) is 0 Å². The van der Waals surface area contributed by atoms with Crippen molar-refractivity contribution in [3.63, 3.8) is 0 Å². The maximum absolute atomic E-state index is 6.02. The van der Waals surface area contributed by atoms with Crippen LogP contribution in [0.1, 0.15) is 29.9 Å². The van der Waals surface area contributed by atoms with E-state index in [1.54, 1.807) is 0 Å². The molecule has 5 rings (SSSR count). The van der Waals surface area contributed by atoms with E-state index in [9.17, 15) is 0 Å². The van der Waals surface area contributed by atoms with Crippen LogP contribution in [0.2, 0.25) is 5.02 Å². The number of piperidine rings is 1. The predicted octanol–water partition coefficient (Wildman–Crippen LogP) is 4.99. The molecule has 0 aliphatic carbocycles. The number of pyridine rings is 1. The third kappa shape index (κ3) is 3.32. The van der Waals surface area contributed by atoms with Gasteiger partial charge in [-0.1, -0.05) is 23.7 Å². The van der Waals surface area contributed by atoms with E-state index >= 15 is 0 Å². The van der Waals surface area contributed by atoms with E-state index in [1.165, 1.54) is 11.1 Å². The van der Waals surface area contributed by atoms with Crippen LogP contribution in [-0.4, -0.2) is 38.2 Å². The van der Waals surface area contributed by atoms with Gasteiger partial charge in [-0.3, -0.25) is 15.0 Å². The van der Waals surface area contributed by atoms with E-state index in [1.807, 2.05) is 42.7 Å². The smallest absolute Gasteiger partial charge is 0.0913 e. The molecule has 2 N–H and O–H groups in total. The standard InChI is InChI=1S/C22H22ClN5/c23-18-5-3-16(4-6-18)21-17(12-26-27-21)14-28-10-7-15(8-11-28)19-13-25-20-2-1-9-24-22(19)20/h1-6,9,12-13,15,25H,7-8,10-11,14H2,(H,26,27). The largest absolute Gasteiger partial charge is 0.360 e. The van der Waals surface area contributed by atoms with Crippen LogP contribution in [0.15, 0.2) is 55.0 Å². The first-order valence-corrected chi connectivity index (χ1v) is 10.1. The van der Waals surface area contributed by atoms with Crippen molar-refractivity contribution in [2.45, 2.75) is 25.3 Å². The minimum Gasteiger partial charge on any atom is -0.360 e. The van der Waals surface area contributed by atoms with Crippen LogP contribution in [0.4, 0.5) is 0 Å². The normalized spacial score (nSPS) is 16.0. The lowest BCUT2D eigenvalue weighted by atomic mass is 9.90. The Kier molecular flexibility index (Phi) is 4.63. The molecule has 1 aromatic carbocycles. The van der Waals surface area contributed by atoms with Gasteiger partial charge >= 0.3 is 0 Å². The number of rotatable bonds is 4. The first kappa shape index (κ1) is 17.5. The number of benzene rings is 1. The Labute approximate surface area is 168 Å². The minimum absolute atomic E-state index is 0.569. The maximum Gasteiger partial charge on any atom is 0.0913 e. The topological polar surface area (TPSA) is 60.6 Å². The van der Waals surface area contributed by atoms with Crippen molar-refractivity contribution >= 4 is 22.6 Å². The average molecular weight is 392 g/mol. The van der Waals surface area contributed by atoms with Crippen molar-refractivity contribution in [1.82, 2.24) is 25.1 Å². The molecule has 0 saturated carbocycles. The molecule has 1 saturated heterocycles. The summed E-state index contributed by atoms with van der Waals surface area (Å²) in [5.41, 5.74) is 7.05. The van der Waals surface area contributed by atoms with Gasteiger partial charge in [-0.05, 0) is 67.2 Å². The molecule has 1 fully saturated rings. The predicted molar refractivity (Wildman–Crippen MR) is 112 cm³/mol. The molecule has 28 heavy (non-hydrogen) atoms. The Morgan fingerprint density at radius 3 is 2.75 bits per heavy atom. The van der Waals surface area contributed by atoms with E-state index in [4.69, 9.17) is 11.6 Å². The van der Waals surface area contributed by atoms with E-state index in [2.05, 4.69) is 37.3 Å². The number of H-pyrrole nitrogens is 2. The zero-order chi connectivity index (χ0) is 18.9. The van der Waals surface area contributed by atoms with Crippen LogP contribution in [0.3, 0.4) is 0 Å². The Balaban J connectivity index is 1.27. The molecule has 0 unspecified atom stereocenters. The summed E-state index contributed by atoms with van der Waals surface area (Å²) in [6.45, 7) is 3.07. The highest BCUT2D eigenvalue weighted by Crippen LogP contribution is 2.33. The number of halogens is 1. The van der Waals surface area contributed by atoms with Gasteiger partial charge in [-0.25, -0.2) is 0 Å². The van der Waals surface area contributed by atoms with Crippen molar-refractivity contribution in [1.29, 1.82) is 0 Å². The van der Waals surface area contributed by atoms with Gasteiger partial charge in [0.15, 0.2) is 0 Å². The van der Waals surface area contributed by atoms with Gasteiger partial charge in [-0.2, -0.15) is 5.10 Å². The van der Waals surface area contributed by atoms with Gasteiger partial charge in [0.05, 0.1) is 22.9 Å². The van der Waals surface area contributed by atoms with E-state index in [-0.39, 0.29) is 0 Å².